The van der Waals surface area contributed by atoms with Gasteiger partial charge in [0.15, 0.2) is 0 Å². The number of aryl methyl sites for hydroxylation is 2. The van der Waals surface area contributed by atoms with Crippen molar-refractivity contribution in [3.05, 3.63) is 82.4 Å². The summed E-state index contributed by atoms with van der Waals surface area (Å²) in [5.74, 6) is 0.775. The predicted molar refractivity (Wildman–Crippen MR) is 129 cm³/mol. The molecule has 0 amide bonds. The summed E-state index contributed by atoms with van der Waals surface area (Å²) in [6.45, 7) is 13.4. The number of rotatable bonds is 3. The first kappa shape index (κ1) is 21.6. The standard InChI is InChI=1S/C27H32.C2H6/c1-19-18-23(21-10-6-5-7-11-21)15-16-25(19)27(3,4)26-17-14-22-12-8-9-13-24(22)20(26)2;1-2/h8-9,12-18,21H,5-7,10-11H2,1-4H3;1-2H3. The lowest BCUT2D eigenvalue weighted by Gasteiger charge is -2.31. The first-order valence-corrected chi connectivity index (χ1v) is 11.6. The van der Waals surface area contributed by atoms with Gasteiger partial charge in [0.2, 0.25) is 0 Å². The Kier molecular flexibility index (Phi) is 6.83. The summed E-state index contributed by atoms with van der Waals surface area (Å²) in [4.78, 5) is 0. The fourth-order valence-electron chi connectivity index (χ4n) is 5.33. The number of hydrogen-bond acceptors (Lipinski definition) is 0. The van der Waals surface area contributed by atoms with E-state index in [0.29, 0.717) is 0 Å². The van der Waals surface area contributed by atoms with Gasteiger partial charge in [0, 0.05) is 5.41 Å². The van der Waals surface area contributed by atoms with E-state index in [0.717, 1.165) is 5.92 Å². The van der Waals surface area contributed by atoms with Crippen molar-refractivity contribution in [2.24, 2.45) is 0 Å². The van der Waals surface area contributed by atoms with Crippen molar-refractivity contribution in [3.8, 4) is 0 Å². The van der Waals surface area contributed by atoms with Crippen molar-refractivity contribution in [3.63, 3.8) is 0 Å². The molecule has 1 fully saturated rings. The molecule has 0 heterocycles. The van der Waals surface area contributed by atoms with E-state index in [1.807, 2.05) is 13.8 Å². The van der Waals surface area contributed by atoms with E-state index in [2.05, 4.69) is 82.3 Å². The van der Waals surface area contributed by atoms with Crippen LogP contribution in [0.2, 0.25) is 0 Å². The van der Waals surface area contributed by atoms with Crippen molar-refractivity contribution in [1.29, 1.82) is 0 Å². The maximum Gasteiger partial charge on any atom is 0.0152 e. The Hall–Kier alpha value is -2.08. The number of fused-ring (bicyclic) bond motifs is 1. The molecule has 0 atom stereocenters. The molecule has 1 saturated carbocycles. The molecular weight excluding hydrogens is 348 g/mol. The molecule has 154 valence electrons. The van der Waals surface area contributed by atoms with Gasteiger partial charge in [-0.25, -0.2) is 0 Å². The molecule has 0 heteroatoms. The molecule has 0 nitrogen and oxygen atoms in total. The van der Waals surface area contributed by atoms with Crippen LogP contribution in [-0.4, -0.2) is 0 Å². The maximum absolute atomic E-state index is 2.48. The van der Waals surface area contributed by atoms with Crippen molar-refractivity contribution >= 4 is 10.8 Å². The topological polar surface area (TPSA) is 0 Å². The summed E-state index contributed by atoms with van der Waals surface area (Å²) in [7, 11) is 0. The van der Waals surface area contributed by atoms with Crippen molar-refractivity contribution < 1.29 is 0 Å². The molecule has 0 aliphatic heterocycles. The predicted octanol–water partition coefficient (Wildman–Crippen LogP) is 8.86. The molecule has 0 bridgehead atoms. The zero-order valence-electron chi connectivity index (χ0n) is 19.3. The smallest absolute Gasteiger partial charge is 0.0152 e. The van der Waals surface area contributed by atoms with E-state index in [1.165, 1.54) is 65.1 Å². The quantitative estimate of drug-likeness (QED) is 0.421. The summed E-state index contributed by atoms with van der Waals surface area (Å²) >= 11 is 0. The van der Waals surface area contributed by atoms with E-state index in [-0.39, 0.29) is 5.41 Å². The fourth-order valence-corrected chi connectivity index (χ4v) is 5.33. The second-order valence-corrected chi connectivity index (χ2v) is 8.99. The van der Waals surface area contributed by atoms with Gasteiger partial charge in [0.1, 0.15) is 0 Å². The van der Waals surface area contributed by atoms with Gasteiger partial charge in [-0.2, -0.15) is 0 Å². The van der Waals surface area contributed by atoms with Crippen LogP contribution in [0.5, 0.6) is 0 Å². The molecule has 0 unspecified atom stereocenters. The van der Waals surface area contributed by atoms with Gasteiger partial charge in [-0.15, -0.1) is 0 Å². The summed E-state index contributed by atoms with van der Waals surface area (Å²) in [5.41, 5.74) is 7.31. The monoisotopic (exact) mass is 386 g/mol. The Morgan fingerprint density at radius 3 is 2.10 bits per heavy atom. The van der Waals surface area contributed by atoms with E-state index in [4.69, 9.17) is 0 Å². The zero-order valence-corrected chi connectivity index (χ0v) is 19.3. The average Bonchev–Trinajstić information content (AvgIpc) is 2.76. The highest BCUT2D eigenvalue weighted by atomic mass is 14.3. The highest BCUT2D eigenvalue weighted by Gasteiger charge is 2.28. The molecule has 0 saturated heterocycles. The van der Waals surface area contributed by atoms with E-state index in [1.54, 1.807) is 5.56 Å². The minimum absolute atomic E-state index is 0.00327. The van der Waals surface area contributed by atoms with E-state index >= 15 is 0 Å². The lowest BCUT2D eigenvalue weighted by molar-refractivity contribution is 0.443. The SMILES string of the molecule is CC.Cc1cc(C2CCCCC2)ccc1C(C)(C)c1ccc2ccccc2c1C. The van der Waals surface area contributed by atoms with Gasteiger partial charge in [-0.05, 0) is 71.2 Å². The first-order chi connectivity index (χ1) is 14.0. The Labute approximate surface area is 178 Å². The van der Waals surface area contributed by atoms with Crippen molar-refractivity contribution in [1.82, 2.24) is 0 Å². The van der Waals surface area contributed by atoms with Crippen LogP contribution in [0.1, 0.15) is 93.5 Å². The van der Waals surface area contributed by atoms with Gasteiger partial charge in [-0.3, -0.25) is 0 Å². The normalized spacial score (nSPS) is 15.1. The minimum atomic E-state index is 0.00327. The minimum Gasteiger partial charge on any atom is -0.0683 e. The lowest BCUT2D eigenvalue weighted by atomic mass is 9.73. The second kappa shape index (κ2) is 9.16. The Morgan fingerprint density at radius 2 is 1.41 bits per heavy atom. The largest absolute Gasteiger partial charge is 0.0683 e. The molecule has 0 radical (unpaired) electrons. The Morgan fingerprint density at radius 1 is 0.759 bits per heavy atom. The molecule has 0 aromatic heterocycles. The molecular formula is C29H38. The van der Waals surface area contributed by atoms with Crippen LogP contribution >= 0.6 is 0 Å². The highest BCUT2D eigenvalue weighted by Crippen LogP contribution is 2.40. The van der Waals surface area contributed by atoms with Crippen LogP contribution in [0.4, 0.5) is 0 Å². The summed E-state index contributed by atoms with van der Waals surface area (Å²) in [6, 6.07) is 20.7. The molecule has 1 aliphatic carbocycles. The Bertz CT molecular complexity index is 955. The van der Waals surface area contributed by atoms with Gasteiger partial charge in [0.25, 0.3) is 0 Å². The molecule has 3 aromatic carbocycles. The third kappa shape index (κ3) is 4.27. The van der Waals surface area contributed by atoms with Crippen LogP contribution in [-0.2, 0) is 5.41 Å². The molecule has 0 N–H and O–H groups in total. The third-order valence-electron chi connectivity index (χ3n) is 6.87. The van der Waals surface area contributed by atoms with Gasteiger partial charge in [0.05, 0.1) is 0 Å². The highest BCUT2D eigenvalue weighted by molar-refractivity contribution is 5.87. The summed E-state index contributed by atoms with van der Waals surface area (Å²) in [5, 5.41) is 2.71. The van der Waals surface area contributed by atoms with Crippen LogP contribution in [0.25, 0.3) is 10.8 Å². The Balaban J connectivity index is 0.00000117. The average molecular weight is 387 g/mol. The van der Waals surface area contributed by atoms with Gasteiger partial charge >= 0.3 is 0 Å². The first-order valence-electron chi connectivity index (χ1n) is 11.6. The third-order valence-corrected chi connectivity index (χ3v) is 6.87. The molecule has 0 spiro atoms. The molecule has 29 heavy (non-hydrogen) atoms. The molecule has 4 rings (SSSR count). The van der Waals surface area contributed by atoms with Crippen LogP contribution in [0.3, 0.4) is 0 Å². The summed E-state index contributed by atoms with van der Waals surface area (Å²) in [6.07, 6.45) is 6.94. The van der Waals surface area contributed by atoms with Crippen molar-refractivity contribution in [2.45, 2.75) is 85.0 Å². The number of hydrogen-bond donors (Lipinski definition) is 0. The van der Waals surface area contributed by atoms with Crippen molar-refractivity contribution in [2.75, 3.05) is 0 Å². The van der Waals surface area contributed by atoms with Crippen LogP contribution < -0.4 is 0 Å². The van der Waals surface area contributed by atoms with Crippen LogP contribution in [0.15, 0.2) is 54.6 Å². The zero-order chi connectivity index (χ0) is 21.0. The maximum atomic E-state index is 2.48. The van der Waals surface area contributed by atoms with Crippen LogP contribution in [0, 0.1) is 13.8 Å². The molecule has 3 aromatic rings. The lowest BCUT2D eigenvalue weighted by Crippen LogP contribution is -2.22. The van der Waals surface area contributed by atoms with E-state index < -0.39 is 0 Å². The number of benzene rings is 3. The summed E-state index contributed by atoms with van der Waals surface area (Å²) < 4.78 is 0. The van der Waals surface area contributed by atoms with Gasteiger partial charge < -0.3 is 0 Å². The van der Waals surface area contributed by atoms with Gasteiger partial charge in [-0.1, -0.05) is 102 Å². The molecule has 1 aliphatic rings. The van der Waals surface area contributed by atoms with E-state index in [9.17, 15) is 0 Å². The fraction of sp³-hybridized carbons (Fsp3) is 0.448. The second-order valence-electron chi connectivity index (χ2n) is 8.99.